The van der Waals surface area contributed by atoms with E-state index < -0.39 is 0 Å². The summed E-state index contributed by atoms with van der Waals surface area (Å²) in [5.74, 6) is 1.02. The molecule has 0 unspecified atom stereocenters. The van der Waals surface area contributed by atoms with E-state index in [1.165, 1.54) is 0 Å². The van der Waals surface area contributed by atoms with Crippen LogP contribution in [-0.4, -0.2) is 30.1 Å². The van der Waals surface area contributed by atoms with E-state index in [1.807, 2.05) is 14.1 Å². The van der Waals surface area contributed by atoms with Gasteiger partial charge in [0, 0.05) is 5.88 Å². The molecule has 0 spiro atoms. The molecule has 0 aromatic heterocycles. The third-order valence-corrected chi connectivity index (χ3v) is 1.74. The fourth-order valence-electron chi connectivity index (χ4n) is 0.217. The summed E-state index contributed by atoms with van der Waals surface area (Å²) in [6, 6.07) is 0. The lowest BCUT2D eigenvalue weighted by molar-refractivity contribution is 0.486. The molecule has 0 aliphatic heterocycles. The molecule has 0 saturated carbocycles. The molecule has 0 rings (SSSR count). The fourth-order valence-corrected chi connectivity index (χ4v) is 0.858. The molecule has 0 aromatic carbocycles. The van der Waals surface area contributed by atoms with Crippen molar-refractivity contribution < 1.29 is 0 Å². The molecule has 7 heavy (non-hydrogen) atoms. The van der Waals surface area contributed by atoms with Crippen molar-refractivity contribution in [3.05, 3.63) is 0 Å². The van der Waals surface area contributed by atoms with Crippen molar-refractivity contribution >= 4 is 23.4 Å². The smallest absolute Gasteiger partial charge is 0.0693 e. The van der Waals surface area contributed by atoms with E-state index in [0.29, 0.717) is 5.21 Å². The maximum Gasteiger partial charge on any atom is 0.0693 e. The first kappa shape index (κ1) is 7.60. The zero-order chi connectivity index (χ0) is 5.70. The summed E-state index contributed by atoms with van der Waals surface area (Å²) in [6.45, 7) is 0. The number of hydrogen-bond donors (Lipinski definition) is 0. The Morgan fingerprint density at radius 1 is 1.57 bits per heavy atom. The van der Waals surface area contributed by atoms with E-state index in [0.717, 1.165) is 5.88 Å². The van der Waals surface area contributed by atoms with Crippen LogP contribution in [0.2, 0.25) is 0 Å². The van der Waals surface area contributed by atoms with Crippen molar-refractivity contribution in [1.29, 1.82) is 0 Å². The molecule has 0 atom stereocenters. The van der Waals surface area contributed by atoms with Gasteiger partial charge in [-0.1, -0.05) is 0 Å². The SMILES string of the molecule is CN(C)CSCCl. The molecule has 44 valence electrons. The Hall–Kier alpha value is 0.600. The van der Waals surface area contributed by atoms with E-state index in [2.05, 4.69) is 4.90 Å². The molecule has 1 nitrogen and oxygen atoms in total. The molecule has 0 radical (unpaired) electrons. The van der Waals surface area contributed by atoms with Gasteiger partial charge in [0.05, 0.1) is 5.21 Å². The number of hydrogen-bond acceptors (Lipinski definition) is 2. The molecule has 0 aromatic rings. The van der Waals surface area contributed by atoms with Crippen LogP contribution in [0.5, 0.6) is 0 Å². The van der Waals surface area contributed by atoms with Crippen molar-refractivity contribution in [2.75, 3.05) is 25.2 Å². The van der Waals surface area contributed by atoms with Crippen LogP contribution >= 0.6 is 23.4 Å². The molecular formula is C4H10ClNS. The highest BCUT2D eigenvalue weighted by Crippen LogP contribution is 2.01. The van der Waals surface area contributed by atoms with Gasteiger partial charge in [-0.3, -0.25) is 0 Å². The second-order valence-electron chi connectivity index (χ2n) is 1.52. The van der Waals surface area contributed by atoms with Crippen molar-refractivity contribution in [2.24, 2.45) is 0 Å². The first-order valence-corrected chi connectivity index (χ1v) is 3.74. The zero-order valence-electron chi connectivity index (χ0n) is 4.65. The van der Waals surface area contributed by atoms with Gasteiger partial charge in [0.25, 0.3) is 0 Å². The topological polar surface area (TPSA) is 3.24 Å². The summed E-state index contributed by atoms with van der Waals surface area (Å²) in [5, 5.41) is 0.693. The minimum Gasteiger partial charge on any atom is -0.300 e. The summed E-state index contributed by atoms with van der Waals surface area (Å²) >= 11 is 7.09. The van der Waals surface area contributed by atoms with Crippen LogP contribution in [0.3, 0.4) is 0 Å². The lowest BCUT2D eigenvalue weighted by Crippen LogP contribution is -2.09. The Morgan fingerprint density at radius 3 is 2.29 bits per heavy atom. The predicted octanol–water partition coefficient (Wildman–Crippen LogP) is 1.43. The van der Waals surface area contributed by atoms with Gasteiger partial charge in [0.15, 0.2) is 0 Å². The van der Waals surface area contributed by atoms with Gasteiger partial charge < -0.3 is 4.90 Å². The second kappa shape index (κ2) is 4.75. The first-order valence-electron chi connectivity index (χ1n) is 2.06. The van der Waals surface area contributed by atoms with Crippen LogP contribution in [0.1, 0.15) is 0 Å². The van der Waals surface area contributed by atoms with E-state index in [9.17, 15) is 0 Å². The number of rotatable bonds is 3. The second-order valence-corrected chi connectivity index (χ2v) is 3.06. The van der Waals surface area contributed by atoms with Gasteiger partial charge in [-0.25, -0.2) is 0 Å². The molecule has 0 heterocycles. The van der Waals surface area contributed by atoms with Crippen molar-refractivity contribution in [3.8, 4) is 0 Å². The Morgan fingerprint density at radius 2 is 2.14 bits per heavy atom. The Kier molecular flexibility index (Phi) is 5.16. The van der Waals surface area contributed by atoms with Crippen LogP contribution in [0.25, 0.3) is 0 Å². The van der Waals surface area contributed by atoms with Crippen LogP contribution in [0.15, 0.2) is 0 Å². The molecule has 0 bridgehead atoms. The third kappa shape index (κ3) is 6.60. The summed E-state index contributed by atoms with van der Waals surface area (Å²) in [7, 11) is 4.05. The highest BCUT2D eigenvalue weighted by molar-refractivity contribution is 8.00. The van der Waals surface area contributed by atoms with Gasteiger partial charge in [0.2, 0.25) is 0 Å². The number of halogens is 1. The quantitative estimate of drug-likeness (QED) is 0.430. The largest absolute Gasteiger partial charge is 0.300 e. The normalized spacial score (nSPS) is 10.3. The maximum atomic E-state index is 5.38. The molecule has 0 aliphatic carbocycles. The molecule has 0 fully saturated rings. The molecule has 0 aliphatic rings. The van der Waals surface area contributed by atoms with E-state index in [4.69, 9.17) is 11.6 Å². The zero-order valence-corrected chi connectivity index (χ0v) is 6.22. The van der Waals surface area contributed by atoms with Crippen molar-refractivity contribution in [3.63, 3.8) is 0 Å². The van der Waals surface area contributed by atoms with E-state index >= 15 is 0 Å². The maximum absolute atomic E-state index is 5.38. The monoisotopic (exact) mass is 139 g/mol. The van der Waals surface area contributed by atoms with Gasteiger partial charge in [-0.15, -0.1) is 23.4 Å². The number of thioether (sulfide) groups is 1. The Bertz CT molecular complexity index is 40.7. The highest BCUT2D eigenvalue weighted by atomic mass is 35.5. The Labute approximate surface area is 54.0 Å². The fraction of sp³-hybridized carbons (Fsp3) is 1.00. The lowest BCUT2D eigenvalue weighted by Gasteiger charge is -2.04. The van der Waals surface area contributed by atoms with Gasteiger partial charge in [-0.05, 0) is 14.1 Å². The minimum atomic E-state index is 0.693. The minimum absolute atomic E-state index is 0.693. The average molecular weight is 140 g/mol. The lowest BCUT2D eigenvalue weighted by atomic mass is 11.0. The summed E-state index contributed by atoms with van der Waals surface area (Å²) in [4.78, 5) is 2.09. The molecule has 0 saturated heterocycles. The third-order valence-electron chi connectivity index (χ3n) is 0.427. The highest BCUT2D eigenvalue weighted by Gasteiger charge is 1.84. The average Bonchev–Trinajstić information content (AvgIpc) is 1.61. The molecule has 0 amide bonds. The molecule has 3 heteroatoms. The molecular weight excluding hydrogens is 130 g/mol. The number of alkyl halides is 1. The van der Waals surface area contributed by atoms with E-state index in [1.54, 1.807) is 11.8 Å². The van der Waals surface area contributed by atoms with Crippen LogP contribution in [-0.2, 0) is 0 Å². The summed E-state index contributed by atoms with van der Waals surface area (Å²) in [6.07, 6.45) is 0. The Balaban J connectivity index is 2.68. The molecule has 0 N–H and O–H groups in total. The summed E-state index contributed by atoms with van der Waals surface area (Å²) < 4.78 is 0. The standard InChI is InChI=1S/C4H10ClNS/c1-6(2)4-7-3-5/h3-4H2,1-2H3. The van der Waals surface area contributed by atoms with Crippen molar-refractivity contribution in [1.82, 2.24) is 4.90 Å². The first-order chi connectivity index (χ1) is 3.27. The summed E-state index contributed by atoms with van der Waals surface area (Å²) in [5.41, 5.74) is 0. The van der Waals surface area contributed by atoms with Crippen molar-refractivity contribution in [2.45, 2.75) is 0 Å². The van der Waals surface area contributed by atoms with Crippen LogP contribution < -0.4 is 0 Å². The van der Waals surface area contributed by atoms with Crippen LogP contribution in [0.4, 0.5) is 0 Å². The predicted molar refractivity (Wildman–Crippen MR) is 36.9 cm³/mol. The number of nitrogens with zero attached hydrogens (tertiary/aromatic N) is 1. The van der Waals surface area contributed by atoms with Crippen LogP contribution in [0, 0.1) is 0 Å². The van der Waals surface area contributed by atoms with Gasteiger partial charge >= 0.3 is 0 Å². The van der Waals surface area contributed by atoms with E-state index in [-0.39, 0.29) is 0 Å². The van der Waals surface area contributed by atoms with Gasteiger partial charge in [0.1, 0.15) is 0 Å². The van der Waals surface area contributed by atoms with Gasteiger partial charge in [-0.2, -0.15) is 0 Å².